The minimum atomic E-state index is -1.15. The summed E-state index contributed by atoms with van der Waals surface area (Å²) in [4.78, 5) is 34.2. The van der Waals surface area contributed by atoms with E-state index in [2.05, 4.69) is 27.2 Å². The van der Waals surface area contributed by atoms with Crippen LogP contribution in [0, 0.1) is 0 Å². The second kappa shape index (κ2) is 10.3. The summed E-state index contributed by atoms with van der Waals surface area (Å²) in [6, 6.07) is 0.775. The number of rotatable bonds is 7. The Bertz CT molecular complexity index is 1240. The molecule has 1 aliphatic carbocycles. The molecule has 36 heavy (non-hydrogen) atoms. The van der Waals surface area contributed by atoms with Crippen molar-refractivity contribution in [1.29, 1.82) is 0 Å². The second-order valence-corrected chi connectivity index (χ2v) is 9.11. The number of likely N-dealkylation sites (N-methyl/N-ethyl adjacent to an activating group) is 1. The van der Waals surface area contributed by atoms with Gasteiger partial charge in [-0.25, -0.2) is 4.98 Å². The van der Waals surface area contributed by atoms with E-state index in [0.29, 0.717) is 34.0 Å². The van der Waals surface area contributed by atoms with E-state index in [4.69, 9.17) is 32.7 Å². The zero-order valence-electron chi connectivity index (χ0n) is 19.8. The molecule has 3 unspecified atom stereocenters. The van der Waals surface area contributed by atoms with Crippen molar-refractivity contribution < 1.29 is 24.2 Å². The number of ketones is 1. The first-order chi connectivity index (χ1) is 17.2. The smallest absolute Gasteiger partial charge is 0.243 e. The van der Waals surface area contributed by atoms with Gasteiger partial charge in [0.05, 0.1) is 36.3 Å². The van der Waals surface area contributed by atoms with Crippen molar-refractivity contribution in [1.82, 2.24) is 15.3 Å². The number of ether oxygens (including phenoxy) is 2. The molecular formula is C24H25Cl2N5O5. The summed E-state index contributed by atoms with van der Waals surface area (Å²) in [6.45, 7) is 3.45. The van der Waals surface area contributed by atoms with Gasteiger partial charge >= 0.3 is 0 Å². The number of nitrogens with one attached hydrogen (secondary N) is 2. The quantitative estimate of drug-likeness (QED) is 0.460. The summed E-state index contributed by atoms with van der Waals surface area (Å²) in [5.41, 5.74) is 1.39. The molecule has 0 spiro atoms. The van der Waals surface area contributed by atoms with E-state index < -0.39 is 12.3 Å². The Morgan fingerprint density at radius 1 is 1.22 bits per heavy atom. The van der Waals surface area contributed by atoms with Gasteiger partial charge in [-0.05, 0) is 12.2 Å². The van der Waals surface area contributed by atoms with E-state index >= 15 is 0 Å². The highest BCUT2D eigenvalue weighted by molar-refractivity contribution is 6.40. The molecule has 1 aromatic heterocycles. The number of amides is 1. The Labute approximate surface area is 217 Å². The summed E-state index contributed by atoms with van der Waals surface area (Å²) < 4.78 is 10.7. The number of hydrogen-bond acceptors (Lipinski definition) is 9. The topological polar surface area (TPSA) is 126 Å². The SMILES string of the molecule is C=CC(=O)NC1CC(=O)CC1Nc1ncc2c(n1)N(C)C(O)C(c1c(Cl)c(OC)cc(OC)c1Cl)=C2. The third-order valence-corrected chi connectivity index (χ3v) is 6.91. The van der Waals surface area contributed by atoms with Crippen molar-refractivity contribution in [2.45, 2.75) is 31.2 Å². The number of aromatic nitrogens is 2. The Morgan fingerprint density at radius 3 is 2.47 bits per heavy atom. The second-order valence-electron chi connectivity index (χ2n) is 8.36. The lowest BCUT2D eigenvalue weighted by Gasteiger charge is -2.33. The van der Waals surface area contributed by atoms with E-state index in [0.717, 1.165) is 6.08 Å². The third-order valence-electron chi connectivity index (χ3n) is 6.16. The molecule has 0 bridgehead atoms. The fraction of sp³-hybridized carbons (Fsp3) is 0.333. The standard InChI is InChI=1S/C24H25Cl2N5O5/c1-5-18(33)28-14-7-12(32)8-15(14)29-24-27-10-11-6-13(23(34)31(2)22(11)30-24)19-20(25)16(35-3)9-17(36-4)21(19)26/h5-6,9-10,14-15,23,34H,1,7-8H2,2-4H3,(H,28,33)(H,27,29,30). The van der Waals surface area contributed by atoms with E-state index in [1.54, 1.807) is 30.3 Å². The Kier molecular flexibility index (Phi) is 7.39. The van der Waals surface area contributed by atoms with E-state index in [1.165, 1.54) is 14.2 Å². The molecule has 10 nitrogen and oxygen atoms in total. The Hall–Kier alpha value is -3.34. The summed E-state index contributed by atoms with van der Waals surface area (Å²) in [5.74, 6) is 1.04. The lowest BCUT2D eigenvalue weighted by Crippen LogP contribution is -2.43. The van der Waals surface area contributed by atoms with Crippen molar-refractivity contribution in [3.63, 3.8) is 0 Å². The number of aliphatic hydroxyl groups excluding tert-OH is 1. The molecule has 1 aromatic carbocycles. The highest BCUT2D eigenvalue weighted by atomic mass is 35.5. The van der Waals surface area contributed by atoms with E-state index in [9.17, 15) is 14.7 Å². The maximum absolute atomic E-state index is 12.0. The number of halogens is 2. The number of carbonyl (C=O) groups excluding carboxylic acids is 2. The molecule has 2 aromatic rings. The number of Topliss-reactive ketones (excluding diaryl/α,β-unsaturated/α-hetero) is 1. The zero-order valence-corrected chi connectivity index (χ0v) is 21.4. The van der Waals surface area contributed by atoms with Gasteiger partial charge in [-0.3, -0.25) is 9.59 Å². The van der Waals surface area contributed by atoms with Gasteiger partial charge in [-0.2, -0.15) is 4.98 Å². The first-order valence-electron chi connectivity index (χ1n) is 11.0. The molecule has 0 radical (unpaired) electrons. The zero-order chi connectivity index (χ0) is 26.1. The third kappa shape index (κ3) is 4.71. The van der Waals surface area contributed by atoms with Gasteiger partial charge in [0.1, 0.15) is 23.1 Å². The Morgan fingerprint density at radius 2 is 1.86 bits per heavy atom. The number of fused-ring (bicyclic) bond motifs is 1. The average molecular weight is 534 g/mol. The highest BCUT2D eigenvalue weighted by Crippen LogP contribution is 2.47. The first-order valence-corrected chi connectivity index (χ1v) is 11.7. The van der Waals surface area contributed by atoms with Crippen molar-refractivity contribution in [3.05, 3.63) is 46.1 Å². The molecule has 4 rings (SSSR count). The van der Waals surface area contributed by atoms with Gasteiger partial charge in [-0.15, -0.1) is 0 Å². The molecule has 190 valence electrons. The van der Waals surface area contributed by atoms with Crippen LogP contribution in [0.2, 0.25) is 10.0 Å². The van der Waals surface area contributed by atoms with Crippen LogP contribution in [-0.4, -0.2) is 66.3 Å². The van der Waals surface area contributed by atoms with Crippen LogP contribution in [0.3, 0.4) is 0 Å². The van der Waals surface area contributed by atoms with Gasteiger partial charge in [0, 0.05) is 48.9 Å². The Balaban J connectivity index is 1.69. The molecule has 1 fully saturated rings. The van der Waals surface area contributed by atoms with Crippen LogP contribution in [0.1, 0.15) is 24.0 Å². The predicted octanol–water partition coefficient (Wildman–Crippen LogP) is 2.92. The van der Waals surface area contributed by atoms with Gasteiger partial charge in [0.15, 0.2) is 6.23 Å². The molecule has 1 saturated carbocycles. The van der Waals surface area contributed by atoms with Gasteiger partial charge < -0.3 is 30.1 Å². The van der Waals surface area contributed by atoms with E-state index in [-0.39, 0.29) is 46.6 Å². The molecule has 3 N–H and O–H groups in total. The van der Waals surface area contributed by atoms with Crippen LogP contribution in [0.5, 0.6) is 11.5 Å². The van der Waals surface area contributed by atoms with Crippen molar-refractivity contribution in [2.24, 2.45) is 0 Å². The molecular weight excluding hydrogens is 509 g/mol. The minimum absolute atomic E-state index is 0.0161. The van der Waals surface area contributed by atoms with Gasteiger partial charge in [0.25, 0.3) is 0 Å². The van der Waals surface area contributed by atoms with Crippen LogP contribution >= 0.6 is 23.2 Å². The summed E-state index contributed by atoms with van der Waals surface area (Å²) in [6.07, 6.45) is 3.71. The molecule has 3 atom stereocenters. The average Bonchev–Trinajstić information content (AvgIpc) is 3.20. The van der Waals surface area contributed by atoms with Crippen molar-refractivity contribution in [3.8, 4) is 11.5 Å². The number of methoxy groups -OCH3 is 2. The maximum atomic E-state index is 12.0. The highest BCUT2D eigenvalue weighted by Gasteiger charge is 2.35. The minimum Gasteiger partial charge on any atom is -0.495 e. The van der Waals surface area contributed by atoms with Crippen molar-refractivity contribution >= 4 is 58.3 Å². The van der Waals surface area contributed by atoms with Gasteiger partial charge in [-0.1, -0.05) is 29.8 Å². The number of hydrogen-bond donors (Lipinski definition) is 3. The van der Waals surface area contributed by atoms with Crippen LogP contribution in [0.15, 0.2) is 24.9 Å². The molecule has 2 heterocycles. The molecule has 2 aliphatic rings. The molecule has 1 aliphatic heterocycles. The van der Waals surface area contributed by atoms with E-state index in [1.807, 2.05) is 0 Å². The maximum Gasteiger partial charge on any atom is 0.243 e. The van der Waals surface area contributed by atoms with Crippen molar-refractivity contribution in [2.75, 3.05) is 31.5 Å². The lowest BCUT2D eigenvalue weighted by molar-refractivity contribution is -0.117. The predicted molar refractivity (Wildman–Crippen MR) is 138 cm³/mol. The van der Waals surface area contributed by atoms with Crippen LogP contribution in [0.25, 0.3) is 11.6 Å². The number of carbonyl (C=O) groups is 2. The molecule has 1 amide bonds. The number of nitrogens with zero attached hydrogens (tertiary/aromatic N) is 3. The fourth-order valence-corrected chi connectivity index (χ4v) is 5.03. The van der Waals surface area contributed by atoms with Crippen LogP contribution < -0.4 is 25.0 Å². The monoisotopic (exact) mass is 533 g/mol. The fourth-order valence-electron chi connectivity index (χ4n) is 4.31. The number of anilines is 2. The molecule has 12 heteroatoms. The summed E-state index contributed by atoms with van der Waals surface area (Å²) in [5, 5.41) is 17.5. The largest absolute Gasteiger partial charge is 0.495 e. The first kappa shape index (κ1) is 25.7. The molecule has 0 saturated heterocycles. The lowest BCUT2D eigenvalue weighted by atomic mass is 9.97. The summed E-state index contributed by atoms with van der Waals surface area (Å²) >= 11 is 13.1. The summed E-state index contributed by atoms with van der Waals surface area (Å²) in [7, 11) is 4.61. The van der Waals surface area contributed by atoms with Crippen LogP contribution in [0.4, 0.5) is 11.8 Å². The normalized spacial score (nSPS) is 20.9. The number of aliphatic hydroxyl groups is 1. The van der Waals surface area contributed by atoms with Gasteiger partial charge in [0.2, 0.25) is 11.9 Å². The number of benzene rings is 1. The van der Waals surface area contributed by atoms with Crippen LogP contribution in [-0.2, 0) is 9.59 Å².